The number of rotatable bonds is 6. The highest BCUT2D eigenvalue weighted by Gasteiger charge is 2.30. The standard InChI is InChI=1S/C27H30Cl2N6OS/c1-17(34-13-11-20(12-14-34)33(2)3)18-7-9-19(10-8-18)31-27-30-15-21-25(32-27)37-16-35(26(21)36)24-22(28)5-4-6-23(24)29/h4-10,15,17,20H,11-14,16H2,1-3H3,(H,30,31,32). The summed E-state index contributed by atoms with van der Waals surface area (Å²) in [6.45, 7) is 4.51. The lowest BCUT2D eigenvalue weighted by Crippen LogP contribution is -2.42. The number of nitrogens with zero attached hydrogens (tertiary/aromatic N) is 5. The topological polar surface area (TPSA) is 64.6 Å². The lowest BCUT2D eigenvalue weighted by Gasteiger charge is -2.38. The van der Waals surface area contributed by atoms with E-state index in [0.717, 1.165) is 18.8 Å². The van der Waals surface area contributed by atoms with Gasteiger partial charge in [0.25, 0.3) is 5.91 Å². The molecule has 3 heterocycles. The zero-order valence-corrected chi connectivity index (χ0v) is 23.4. The Labute approximate surface area is 232 Å². The molecule has 1 atom stereocenters. The maximum absolute atomic E-state index is 13.2. The molecular formula is C27H30Cl2N6OS. The smallest absolute Gasteiger partial charge is 0.263 e. The van der Waals surface area contributed by atoms with Gasteiger partial charge in [0, 0.05) is 37.1 Å². The molecule has 194 valence electrons. The third-order valence-electron chi connectivity index (χ3n) is 7.19. The van der Waals surface area contributed by atoms with Gasteiger partial charge in [-0.15, -0.1) is 0 Å². The summed E-state index contributed by atoms with van der Waals surface area (Å²) < 4.78 is 0. The first-order chi connectivity index (χ1) is 17.8. The van der Waals surface area contributed by atoms with Crippen LogP contribution in [0.15, 0.2) is 53.7 Å². The molecule has 37 heavy (non-hydrogen) atoms. The fourth-order valence-electron chi connectivity index (χ4n) is 4.90. The first-order valence-corrected chi connectivity index (χ1v) is 14.1. The van der Waals surface area contributed by atoms with E-state index >= 15 is 0 Å². The Morgan fingerprint density at radius 2 is 1.76 bits per heavy atom. The van der Waals surface area contributed by atoms with E-state index in [9.17, 15) is 4.79 Å². The van der Waals surface area contributed by atoms with Gasteiger partial charge in [0.2, 0.25) is 5.95 Å². The molecule has 1 saturated heterocycles. The van der Waals surface area contributed by atoms with Crippen LogP contribution in [0.25, 0.3) is 0 Å². The molecule has 1 amide bonds. The monoisotopic (exact) mass is 556 g/mol. The van der Waals surface area contributed by atoms with E-state index in [1.54, 1.807) is 29.3 Å². The van der Waals surface area contributed by atoms with Crippen molar-refractivity contribution in [2.45, 2.75) is 36.9 Å². The fraction of sp³-hybridized carbons (Fsp3) is 0.370. The highest BCUT2D eigenvalue weighted by molar-refractivity contribution is 7.99. The number of nitrogens with one attached hydrogen (secondary N) is 1. The molecule has 3 aromatic rings. The SMILES string of the molecule is CC(c1ccc(Nc2ncc3c(n2)SCN(c2c(Cl)cccc2Cl)C3=O)cc1)N1CCC(N(C)C)CC1. The third kappa shape index (κ3) is 5.59. The quantitative estimate of drug-likeness (QED) is 0.356. The molecule has 0 saturated carbocycles. The number of anilines is 3. The van der Waals surface area contributed by atoms with Crippen LogP contribution in [-0.2, 0) is 0 Å². The Bertz CT molecular complexity index is 1260. The maximum Gasteiger partial charge on any atom is 0.263 e. The average Bonchev–Trinajstić information content (AvgIpc) is 2.90. The van der Waals surface area contributed by atoms with Crippen LogP contribution in [0.1, 0.15) is 41.7 Å². The van der Waals surface area contributed by atoms with Crippen LogP contribution in [0.4, 0.5) is 17.3 Å². The zero-order valence-electron chi connectivity index (χ0n) is 21.1. The average molecular weight is 558 g/mol. The normalized spacial score (nSPS) is 17.7. The number of amides is 1. The number of halogens is 2. The molecule has 0 radical (unpaired) electrons. The number of hydrogen-bond donors (Lipinski definition) is 1. The number of hydrogen-bond acceptors (Lipinski definition) is 7. The second-order valence-electron chi connectivity index (χ2n) is 9.64. The van der Waals surface area contributed by atoms with Crippen molar-refractivity contribution in [2.24, 2.45) is 0 Å². The number of carbonyl (C=O) groups is 1. The highest BCUT2D eigenvalue weighted by Crippen LogP contribution is 2.39. The lowest BCUT2D eigenvalue weighted by atomic mass is 9.99. The van der Waals surface area contributed by atoms with E-state index in [2.05, 4.69) is 70.4 Å². The molecule has 1 fully saturated rings. The van der Waals surface area contributed by atoms with Crippen molar-refractivity contribution in [3.63, 3.8) is 0 Å². The molecule has 0 bridgehead atoms. The van der Waals surface area contributed by atoms with Crippen LogP contribution in [0, 0.1) is 0 Å². The number of fused-ring (bicyclic) bond motifs is 1. The van der Waals surface area contributed by atoms with Gasteiger partial charge >= 0.3 is 0 Å². The summed E-state index contributed by atoms with van der Waals surface area (Å²) in [4.78, 5) is 28.6. The van der Waals surface area contributed by atoms with Gasteiger partial charge in [-0.2, -0.15) is 0 Å². The largest absolute Gasteiger partial charge is 0.324 e. The van der Waals surface area contributed by atoms with Gasteiger partial charge in [0.15, 0.2) is 0 Å². The zero-order chi connectivity index (χ0) is 26.1. The summed E-state index contributed by atoms with van der Waals surface area (Å²) in [6.07, 6.45) is 3.97. The highest BCUT2D eigenvalue weighted by atomic mass is 35.5. The van der Waals surface area contributed by atoms with Crippen molar-refractivity contribution in [3.05, 3.63) is 69.8 Å². The van der Waals surface area contributed by atoms with Crippen molar-refractivity contribution in [3.8, 4) is 0 Å². The van der Waals surface area contributed by atoms with Gasteiger partial charge in [-0.05, 0) is 63.7 Å². The number of benzene rings is 2. The minimum Gasteiger partial charge on any atom is -0.324 e. The summed E-state index contributed by atoms with van der Waals surface area (Å²) in [5.74, 6) is 0.600. The van der Waals surface area contributed by atoms with Crippen LogP contribution in [0.5, 0.6) is 0 Å². The van der Waals surface area contributed by atoms with Gasteiger partial charge in [-0.25, -0.2) is 9.97 Å². The van der Waals surface area contributed by atoms with Gasteiger partial charge < -0.3 is 10.2 Å². The van der Waals surface area contributed by atoms with E-state index in [1.807, 2.05) is 0 Å². The Balaban J connectivity index is 1.25. The van der Waals surface area contributed by atoms with Crippen LogP contribution >= 0.6 is 35.0 Å². The van der Waals surface area contributed by atoms with Gasteiger partial charge in [-0.1, -0.05) is 53.2 Å². The van der Waals surface area contributed by atoms with Gasteiger partial charge in [0.1, 0.15) is 5.03 Å². The molecule has 1 aromatic heterocycles. The minimum atomic E-state index is -0.219. The molecule has 2 aliphatic rings. The number of piperidine rings is 1. The molecular weight excluding hydrogens is 527 g/mol. The summed E-state index contributed by atoms with van der Waals surface area (Å²) in [5.41, 5.74) is 3.13. The van der Waals surface area contributed by atoms with Crippen molar-refractivity contribution < 1.29 is 4.79 Å². The number of likely N-dealkylation sites (tertiary alicyclic amines) is 1. The molecule has 1 unspecified atom stereocenters. The van der Waals surface area contributed by atoms with Gasteiger partial charge in [-0.3, -0.25) is 14.6 Å². The second kappa shape index (κ2) is 11.2. The summed E-state index contributed by atoms with van der Waals surface area (Å²) in [7, 11) is 4.34. The minimum absolute atomic E-state index is 0.219. The van der Waals surface area contributed by atoms with E-state index in [-0.39, 0.29) is 5.91 Å². The lowest BCUT2D eigenvalue weighted by molar-refractivity contribution is 0.0985. The molecule has 1 N–H and O–H groups in total. The van der Waals surface area contributed by atoms with Crippen LogP contribution in [-0.4, -0.2) is 64.8 Å². The molecule has 0 aliphatic carbocycles. The maximum atomic E-state index is 13.2. The predicted molar refractivity (Wildman–Crippen MR) is 152 cm³/mol. The van der Waals surface area contributed by atoms with E-state index in [1.165, 1.54) is 30.2 Å². The van der Waals surface area contributed by atoms with Crippen LogP contribution in [0.3, 0.4) is 0 Å². The number of aromatic nitrogens is 2. The molecule has 5 rings (SSSR count). The molecule has 2 aliphatic heterocycles. The molecule has 10 heteroatoms. The molecule has 7 nitrogen and oxygen atoms in total. The first kappa shape index (κ1) is 26.3. The molecule has 0 spiro atoms. The fourth-order valence-corrected chi connectivity index (χ4v) is 6.45. The van der Waals surface area contributed by atoms with Crippen LogP contribution < -0.4 is 10.2 Å². The Morgan fingerprint density at radius 1 is 1.08 bits per heavy atom. The molecule has 2 aromatic carbocycles. The van der Waals surface area contributed by atoms with E-state index in [0.29, 0.717) is 50.2 Å². The Hall–Kier alpha value is -2.36. The van der Waals surface area contributed by atoms with Crippen molar-refractivity contribution in [1.82, 2.24) is 19.8 Å². The predicted octanol–water partition coefficient (Wildman–Crippen LogP) is 6.32. The Morgan fingerprint density at radius 3 is 2.41 bits per heavy atom. The third-order valence-corrected chi connectivity index (χ3v) is 8.78. The van der Waals surface area contributed by atoms with Crippen molar-refractivity contribution in [1.29, 1.82) is 0 Å². The summed E-state index contributed by atoms with van der Waals surface area (Å²) in [5, 5.41) is 4.77. The number of carbonyl (C=O) groups excluding carboxylic acids is 1. The van der Waals surface area contributed by atoms with E-state index in [4.69, 9.17) is 23.2 Å². The number of thioether (sulfide) groups is 1. The van der Waals surface area contributed by atoms with E-state index < -0.39 is 0 Å². The van der Waals surface area contributed by atoms with Crippen LogP contribution in [0.2, 0.25) is 10.0 Å². The first-order valence-electron chi connectivity index (χ1n) is 12.3. The van der Waals surface area contributed by atoms with Gasteiger partial charge in [0.05, 0.1) is 27.2 Å². The Kier molecular flexibility index (Phi) is 7.93. The van der Waals surface area contributed by atoms with Crippen molar-refractivity contribution in [2.75, 3.05) is 43.3 Å². The van der Waals surface area contributed by atoms with Crippen molar-refractivity contribution >= 4 is 58.2 Å². The summed E-state index contributed by atoms with van der Waals surface area (Å²) in [6, 6.07) is 14.7. The second-order valence-corrected chi connectivity index (χ2v) is 11.4. The number of para-hydroxylation sites is 1. The summed E-state index contributed by atoms with van der Waals surface area (Å²) >= 11 is 14.1.